The van der Waals surface area contributed by atoms with E-state index >= 15 is 0 Å². The molecule has 1 aromatic heterocycles. The predicted octanol–water partition coefficient (Wildman–Crippen LogP) is 1.83. The summed E-state index contributed by atoms with van der Waals surface area (Å²) in [5.41, 5.74) is 0.733. The van der Waals surface area contributed by atoms with E-state index in [1.807, 2.05) is 13.8 Å². The van der Waals surface area contributed by atoms with E-state index in [1.165, 1.54) is 14.2 Å². The molecule has 0 aliphatic rings. The van der Waals surface area contributed by atoms with Gasteiger partial charge in [0.05, 0.1) is 20.6 Å². The Kier molecular flexibility index (Phi) is 6.97. The first-order chi connectivity index (χ1) is 7.27. The quantitative estimate of drug-likeness (QED) is 0.716. The van der Waals surface area contributed by atoms with Crippen molar-refractivity contribution in [1.29, 1.82) is 0 Å². The average molecular weight is 211 g/mol. The topological polar surface area (TPSA) is 48.4 Å². The van der Waals surface area contributed by atoms with Gasteiger partial charge in [0, 0.05) is 11.8 Å². The van der Waals surface area contributed by atoms with Gasteiger partial charge in [0.25, 0.3) is 0 Å². The molecule has 1 rings (SSSR count). The first-order valence-corrected chi connectivity index (χ1v) is 4.82. The van der Waals surface area contributed by atoms with Crippen LogP contribution < -0.4 is 4.74 Å². The minimum atomic E-state index is -0.300. The smallest absolute Gasteiger partial charge is 0.310 e. The zero-order valence-electron chi connectivity index (χ0n) is 9.61. The molecule has 0 radical (unpaired) electrons. The number of methoxy groups -OCH3 is 2. The largest absolute Gasteiger partial charge is 0.481 e. The van der Waals surface area contributed by atoms with Gasteiger partial charge in [-0.25, -0.2) is 4.98 Å². The molecule has 0 unspecified atom stereocenters. The molecule has 4 heteroatoms. The van der Waals surface area contributed by atoms with Crippen LogP contribution in [-0.4, -0.2) is 25.2 Å². The number of carbonyl (C=O) groups is 1. The number of hydrogen-bond donors (Lipinski definition) is 0. The van der Waals surface area contributed by atoms with Crippen LogP contribution in [0.1, 0.15) is 19.4 Å². The van der Waals surface area contributed by atoms with Crippen LogP contribution in [0.5, 0.6) is 5.88 Å². The lowest BCUT2D eigenvalue weighted by Crippen LogP contribution is -2.06. The lowest BCUT2D eigenvalue weighted by atomic mass is 10.2. The lowest BCUT2D eigenvalue weighted by molar-refractivity contribution is -0.139. The van der Waals surface area contributed by atoms with Crippen LogP contribution in [0.25, 0.3) is 0 Å². The van der Waals surface area contributed by atoms with Gasteiger partial charge in [-0.2, -0.15) is 0 Å². The highest BCUT2D eigenvalue weighted by molar-refractivity contribution is 5.73. The molecule has 4 nitrogen and oxygen atoms in total. The van der Waals surface area contributed by atoms with Gasteiger partial charge in [0.2, 0.25) is 5.88 Å². The molecule has 0 amide bonds. The zero-order chi connectivity index (χ0) is 11.7. The van der Waals surface area contributed by atoms with Crippen molar-refractivity contribution in [3.63, 3.8) is 0 Å². The van der Waals surface area contributed by atoms with E-state index in [0.717, 1.165) is 5.56 Å². The summed E-state index contributed by atoms with van der Waals surface area (Å²) in [5, 5.41) is 0. The second-order valence-electron chi connectivity index (χ2n) is 2.42. The monoisotopic (exact) mass is 211 g/mol. The number of pyridine rings is 1. The molecule has 1 aromatic rings. The summed E-state index contributed by atoms with van der Waals surface area (Å²) in [6.45, 7) is 4.00. The molecule has 0 aliphatic heterocycles. The summed E-state index contributed by atoms with van der Waals surface area (Å²) in [7, 11) is 2.87. The van der Waals surface area contributed by atoms with Crippen molar-refractivity contribution in [2.24, 2.45) is 0 Å². The van der Waals surface area contributed by atoms with E-state index in [4.69, 9.17) is 4.74 Å². The molecule has 0 aromatic carbocycles. The number of nitrogens with zero attached hydrogens (tertiary/aromatic N) is 1. The van der Waals surface area contributed by atoms with Crippen LogP contribution in [-0.2, 0) is 16.0 Å². The fourth-order valence-electron chi connectivity index (χ4n) is 0.970. The van der Waals surface area contributed by atoms with Crippen LogP contribution in [0.15, 0.2) is 18.3 Å². The Labute approximate surface area is 90.2 Å². The molecule has 0 saturated carbocycles. The van der Waals surface area contributed by atoms with Crippen molar-refractivity contribution >= 4 is 5.97 Å². The van der Waals surface area contributed by atoms with Crippen molar-refractivity contribution in [1.82, 2.24) is 4.98 Å². The fourth-order valence-corrected chi connectivity index (χ4v) is 0.970. The summed E-state index contributed by atoms with van der Waals surface area (Å²) in [6.07, 6.45) is 1.80. The Bertz CT molecular complexity index is 300. The minimum absolute atomic E-state index is 0.188. The first kappa shape index (κ1) is 13.4. The standard InChI is InChI=1S/C9H11NO3.C2H6/c1-12-8(11)6-7-4-3-5-10-9(7)13-2;1-2/h3-5H,6H2,1-2H3;1-2H3. The van der Waals surface area contributed by atoms with Gasteiger partial charge in [-0.05, 0) is 6.07 Å². The molecule has 0 bridgehead atoms. The van der Waals surface area contributed by atoms with Crippen LogP contribution in [0.3, 0.4) is 0 Å². The molecule has 0 aliphatic carbocycles. The highest BCUT2D eigenvalue weighted by atomic mass is 16.5. The fraction of sp³-hybridized carbons (Fsp3) is 0.455. The lowest BCUT2D eigenvalue weighted by Gasteiger charge is -2.04. The van der Waals surface area contributed by atoms with Gasteiger partial charge in [-0.3, -0.25) is 4.79 Å². The van der Waals surface area contributed by atoms with Crippen molar-refractivity contribution in [3.05, 3.63) is 23.9 Å². The number of ether oxygens (including phenoxy) is 2. The summed E-state index contributed by atoms with van der Waals surface area (Å²) in [5.74, 6) is 0.166. The first-order valence-electron chi connectivity index (χ1n) is 4.82. The number of esters is 1. The van der Waals surface area contributed by atoms with E-state index in [1.54, 1.807) is 18.3 Å². The molecule has 0 spiro atoms. The van der Waals surface area contributed by atoms with E-state index < -0.39 is 0 Å². The molecule has 1 heterocycles. The third-order valence-electron chi connectivity index (χ3n) is 1.61. The third-order valence-corrected chi connectivity index (χ3v) is 1.61. The highest BCUT2D eigenvalue weighted by Gasteiger charge is 2.08. The van der Waals surface area contributed by atoms with Crippen LogP contribution >= 0.6 is 0 Å². The maximum atomic E-state index is 10.9. The van der Waals surface area contributed by atoms with Crippen LogP contribution in [0.2, 0.25) is 0 Å². The van der Waals surface area contributed by atoms with E-state index in [9.17, 15) is 4.79 Å². The average Bonchev–Trinajstić information content (AvgIpc) is 2.32. The summed E-state index contributed by atoms with van der Waals surface area (Å²) in [6, 6.07) is 3.53. The summed E-state index contributed by atoms with van der Waals surface area (Å²) >= 11 is 0. The van der Waals surface area contributed by atoms with E-state index in [-0.39, 0.29) is 12.4 Å². The molecule has 84 valence electrons. The van der Waals surface area contributed by atoms with Gasteiger partial charge >= 0.3 is 5.97 Å². The molecular formula is C11H17NO3. The van der Waals surface area contributed by atoms with Crippen molar-refractivity contribution in [2.75, 3.05) is 14.2 Å². The Morgan fingerprint density at radius 1 is 1.40 bits per heavy atom. The van der Waals surface area contributed by atoms with Crippen LogP contribution in [0.4, 0.5) is 0 Å². The van der Waals surface area contributed by atoms with Gasteiger partial charge < -0.3 is 9.47 Å². The molecule has 0 N–H and O–H groups in total. The third kappa shape index (κ3) is 4.44. The maximum Gasteiger partial charge on any atom is 0.310 e. The molecule has 0 saturated heterocycles. The van der Waals surface area contributed by atoms with Gasteiger partial charge in [-0.15, -0.1) is 0 Å². The number of carbonyl (C=O) groups excluding carboxylic acids is 1. The van der Waals surface area contributed by atoms with Crippen molar-refractivity contribution in [3.8, 4) is 5.88 Å². The van der Waals surface area contributed by atoms with Crippen molar-refractivity contribution < 1.29 is 14.3 Å². The Hall–Kier alpha value is -1.58. The van der Waals surface area contributed by atoms with E-state index in [2.05, 4.69) is 9.72 Å². The molecular weight excluding hydrogens is 194 g/mol. The number of rotatable bonds is 3. The van der Waals surface area contributed by atoms with Gasteiger partial charge in [0.1, 0.15) is 0 Å². The van der Waals surface area contributed by atoms with Crippen LogP contribution in [0, 0.1) is 0 Å². The predicted molar refractivity (Wildman–Crippen MR) is 57.9 cm³/mol. The van der Waals surface area contributed by atoms with Crippen molar-refractivity contribution in [2.45, 2.75) is 20.3 Å². The minimum Gasteiger partial charge on any atom is -0.481 e. The number of aromatic nitrogens is 1. The zero-order valence-corrected chi connectivity index (χ0v) is 9.61. The Balaban J connectivity index is 0.000000921. The Morgan fingerprint density at radius 2 is 2.07 bits per heavy atom. The molecule has 0 atom stereocenters. The number of hydrogen-bond acceptors (Lipinski definition) is 4. The summed E-state index contributed by atoms with van der Waals surface area (Å²) < 4.78 is 9.50. The van der Waals surface area contributed by atoms with Gasteiger partial charge in [-0.1, -0.05) is 19.9 Å². The maximum absolute atomic E-state index is 10.9. The summed E-state index contributed by atoms with van der Waals surface area (Å²) in [4.78, 5) is 14.9. The normalized spacial score (nSPS) is 8.53. The van der Waals surface area contributed by atoms with E-state index in [0.29, 0.717) is 5.88 Å². The SMILES string of the molecule is CC.COC(=O)Cc1cccnc1OC. The molecule has 0 fully saturated rings. The Morgan fingerprint density at radius 3 is 2.60 bits per heavy atom. The second kappa shape index (κ2) is 7.79. The molecule has 15 heavy (non-hydrogen) atoms. The second-order valence-corrected chi connectivity index (χ2v) is 2.42. The van der Waals surface area contributed by atoms with Gasteiger partial charge in [0.15, 0.2) is 0 Å². The highest BCUT2D eigenvalue weighted by Crippen LogP contribution is 2.14.